The molecule has 1 aromatic rings. The van der Waals surface area contributed by atoms with Gasteiger partial charge in [-0.3, -0.25) is 9.98 Å². The van der Waals surface area contributed by atoms with Gasteiger partial charge in [0.2, 0.25) is 0 Å². The number of nitrogens with zero attached hydrogens (tertiary/aromatic N) is 2. The van der Waals surface area contributed by atoms with Crippen LogP contribution in [0.1, 0.15) is 25.0 Å². The Kier molecular flexibility index (Phi) is 4.41. The van der Waals surface area contributed by atoms with E-state index in [9.17, 15) is 4.39 Å². The first-order valence-corrected chi connectivity index (χ1v) is 5.99. The third kappa shape index (κ3) is 3.37. The van der Waals surface area contributed by atoms with E-state index < -0.39 is 0 Å². The van der Waals surface area contributed by atoms with Gasteiger partial charge in [0.1, 0.15) is 12.0 Å². The standard InChI is InChI=1S/C13H16FN3O/c14-10-4-5-11(16-9-10)12(6-7-15)17-13-3-1-2-8-18-13/h4-7,9,13H,1-3,8,15H2. The monoisotopic (exact) mass is 249 g/mol. The molecular formula is C13H16FN3O. The molecule has 1 aliphatic heterocycles. The lowest BCUT2D eigenvalue weighted by Crippen LogP contribution is -2.19. The third-order valence-electron chi connectivity index (χ3n) is 2.68. The average molecular weight is 249 g/mol. The number of ether oxygens (including phenoxy) is 1. The fraction of sp³-hybridized carbons (Fsp3) is 0.385. The molecule has 1 fully saturated rings. The molecule has 0 radical (unpaired) electrons. The van der Waals surface area contributed by atoms with Gasteiger partial charge in [-0.05, 0) is 43.7 Å². The minimum Gasteiger partial charge on any atom is -0.405 e. The highest BCUT2D eigenvalue weighted by atomic mass is 19.1. The lowest BCUT2D eigenvalue weighted by atomic mass is 10.2. The number of nitrogens with two attached hydrogens (primary N) is 1. The average Bonchev–Trinajstić information content (AvgIpc) is 2.40. The summed E-state index contributed by atoms with van der Waals surface area (Å²) in [6.07, 6.45) is 7.12. The number of aromatic nitrogens is 1. The normalized spacial score (nSPS) is 21.4. The number of pyridine rings is 1. The van der Waals surface area contributed by atoms with E-state index in [1.54, 1.807) is 12.1 Å². The first-order chi connectivity index (χ1) is 8.79. The maximum Gasteiger partial charge on any atom is 0.149 e. The first kappa shape index (κ1) is 12.7. The number of hydrogen-bond acceptors (Lipinski definition) is 4. The van der Waals surface area contributed by atoms with Crippen LogP contribution in [0.25, 0.3) is 0 Å². The Morgan fingerprint density at radius 1 is 1.50 bits per heavy atom. The molecule has 4 nitrogen and oxygen atoms in total. The van der Waals surface area contributed by atoms with Crippen LogP contribution in [0.5, 0.6) is 0 Å². The molecule has 0 amide bonds. The molecule has 2 heterocycles. The summed E-state index contributed by atoms with van der Waals surface area (Å²) in [5, 5.41) is 0. The highest BCUT2D eigenvalue weighted by molar-refractivity contribution is 6.07. The van der Waals surface area contributed by atoms with E-state index in [2.05, 4.69) is 9.98 Å². The van der Waals surface area contributed by atoms with Gasteiger partial charge in [-0.15, -0.1) is 0 Å². The van der Waals surface area contributed by atoms with Gasteiger partial charge >= 0.3 is 0 Å². The minimum atomic E-state index is -0.372. The van der Waals surface area contributed by atoms with Gasteiger partial charge in [-0.25, -0.2) is 4.39 Å². The second-order valence-electron chi connectivity index (χ2n) is 4.06. The summed E-state index contributed by atoms with van der Waals surface area (Å²) in [5.74, 6) is -0.372. The van der Waals surface area contributed by atoms with Crippen LogP contribution in [0.3, 0.4) is 0 Å². The molecule has 2 N–H and O–H groups in total. The van der Waals surface area contributed by atoms with Crippen molar-refractivity contribution in [2.24, 2.45) is 10.7 Å². The molecule has 0 spiro atoms. The van der Waals surface area contributed by atoms with Gasteiger partial charge in [0, 0.05) is 6.61 Å². The van der Waals surface area contributed by atoms with E-state index in [4.69, 9.17) is 10.5 Å². The Bertz CT molecular complexity index is 436. The summed E-state index contributed by atoms with van der Waals surface area (Å²) in [6, 6.07) is 2.93. The van der Waals surface area contributed by atoms with Crippen molar-refractivity contribution >= 4 is 5.71 Å². The molecule has 2 rings (SSSR count). The number of rotatable bonds is 3. The fourth-order valence-corrected chi connectivity index (χ4v) is 1.79. The van der Waals surface area contributed by atoms with Crippen molar-refractivity contribution in [3.05, 3.63) is 42.1 Å². The van der Waals surface area contributed by atoms with E-state index in [0.29, 0.717) is 11.4 Å². The minimum absolute atomic E-state index is 0.156. The van der Waals surface area contributed by atoms with Crippen LogP contribution in [0.15, 0.2) is 35.6 Å². The molecule has 1 unspecified atom stereocenters. The third-order valence-corrected chi connectivity index (χ3v) is 2.68. The molecule has 96 valence electrons. The predicted octanol–water partition coefficient (Wildman–Crippen LogP) is 2.01. The van der Waals surface area contributed by atoms with E-state index in [-0.39, 0.29) is 12.0 Å². The second kappa shape index (κ2) is 6.26. The molecule has 1 aliphatic rings. The highest BCUT2D eigenvalue weighted by Gasteiger charge is 2.13. The van der Waals surface area contributed by atoms with Gasteiger partial charge in [-0.1, -0.05) is 0 Å². The molecule has 18 heavy (non-hydrogen) atoms. The number of allylic oxidation sites excluding steroid dienone is 1. The predicted molar refractivity (Wildman–Crippen MR) is 67.7 cm³/mol. The largest absolute Gasteiger partial charge is 0.405 e. The number of hydrogen-bond donors (Lipinski definition) is 1. The Hall–Kier alpha value is -1.75. The summed E-state index contributed by atoms with van der Waals surface area (Å²) in [4.78, 5) is 8.46. The van der Waals surface area contributed by atoms with E-state index in [1.807, 2.05) is 0 Å². The van der Waals surface area contributed by atoms with Crippen LogP contribution in [-0.2, 0) is 4.74 Å². The highest BCUT2D eigenvalue weighted by Crippen LogP contribution is 2.15. The van der Waals surface area contributed by atoms with Crippen LogP contribution in [-0.4, -0.2) is 23.5 Å². The van der Waals surface area contributed by atoms with Crippen LogP contribution in [0.4, 0.5) is 4.39 Å². The molecule has 0 aliphatic carbocycles. The van der Waals surface area contributed by atoms with Gasteiger partial charge in [0.15, 0.2) is 0 Å². The fourth-order valence-electron chi connectivity index (χ4n) is 1.79. The smallest absolute Gasteiger partial charge is 0.149 e. The van der Waals surface area contributed by atoms with Crippen molar-refractivity contribution in [3.8, 4) is 0 Å². The molecule has 0 saturated carbocycles. The van der Waals surface area contributed by atoms with Crippen molar-refractivity contribution in [3.63, 3.8) is 0 Å². The van der Waals surface area contributed by atoms with E-state index in [0.717, 1.165) is 32.1 Å². The van der Waals surface area contributed by atoms with E-state index in [1.165, 1.54) is 12.3 Å². The molecule has 0 aromatic carbocycles. The molecule has 0 bridgehead atoms. The summed E-state index contributed by atoms with van der Waals surface area (Å²) < 4.78 is 18.4. The molecule has 1 aromatic heterocycles. The molecule has 5 heteroatoms. The zero-order chi connectivity index (χ0) is 12.8. The zero-order valence-corrected chi connectivity index (χ0v) is 10.1. The maximum atomic E-state index is 12.8. The SMILES string of the molecule is NC=CC(=NC1CCCCO1)c1ccc(F)cn1. The number of halogens is 1. The van der Waals surface area contributed by atoms with Crippen molar-refractivity contribution in [2.75, 3.05) is 6.61 Å². The summed E-state index contributed by atoms with van der Waals surface area (Å²) in [7, 11) is 0. The van der Waals surface area contributed by atoms with Crippen molar-refractivity contribution in [2.45, 2.75) is 25.5 Å². The number of aliphatic imine (C=N–C) groups is 1. The first-order valence-electron chi connectivity index (χ1n) is 5.99. The second-order valence-corrected chi connectivity index (χ2v) is 4.06. The Labute approximate surface area is 105 Å². The lowest BCUT2D eigenvalue weighted by Gasteiger charge is -2.19. The topological polar surface area (TPSA) is 60.5 Å². The molecule has 1 atom stereocenters. The zero-order valence-electron chi connectivity index (χ0n) is 10.1. The van der Waals surface area contributed by atoms with E-state index >= 15 is 0 Å². The Morgan fingerprint density at radius 3 is 3.00 bits per heavy atom. The van der Waals surface area contributed by atoms with Crippen molar-refractivity contribution < 1.29 is 9.13 Å². The van der Waals surface area contributed by atoms with Gasteiger partial charge in [0.25, 0.3) is 0 Å². The summed E-state index contributed by atoms with van der Waals surface area (Å²) in [6.45, 7) is 0.727. The maximum absolute atomic E-state index is 12.8. The van der Waals surface area contributed by atoms with Crippen LogP contribution in [0, 0.1) is 5.82 Å². The van der Waals surface area contributed by atoms with Crippen LogP contribution in [0.2, 0.25) is 0 Å². The summed E-state index contributed by atoms with van der Waals surface area (Å²) in [5.41, 5.74) is 6.60. The van der Waals surface area contributed by atoms with Crippen LogP contribution >= 0.6 is 0 Å². The van der Waals surface area contributed by atoms with Crippen LogP contribution < -0.4 is 5.73 Å². The van der Waals surface area contributed by atoms with Gasteiger partial charge in [-0.2, -0.15) is 0 Å². The quantitative estimate of drug-likeness (QED) is 0.833. The van der Waals surface area contributed by atoms with Crippen molar-refractivity contribution in [1.82, 2.24) is 4.98 Å². The Balaban J connectivity index is 2.21. The van der Waals surface area contributed by atoms with Gasteiger partial charge < -0.3 is 10.5 Å². The summed E-state index contributed by atoms with van der Waals surface area (Å²) >= 11 is 0. The Morgan fingerprint density at radius 2 is 2.39 bits per heavy atom. The van der Waals surface area contributed by atoms with Crippen molar-refractivity contribution in [1.29, 1.82) is 0 Å². The molecule has 1 saturated heterocycles. The molecular weight excluding hydrogens is 233 g/mol. The van der Waals surface area contributed by atoms with Gasteiger partial charge in [0.05, 0.1) is 17.6 Å². The lowest BCUT2D eigenvalue weighted by molar-refractivity contribution is 0.0224.